The molecule has 0 saturated carbocycles. The minimum Gasteiger partial charge on any atom is -0.343 e. The molecule has 6 heteroatoms. The van der Waals surface area contributed by atoms with Crippen molar-refractivity contribution in [3.8, 4) is 0 Å². The molecule has 4 rings (SSSR count). The van der Waals surface area contributed by atoms with Crippen LogP contribution in [-0.2, 0) is 11.2 Å². The number of likely N-dealkylation sites (tertiary alicyclic amines) is 1. The Morgan fingerprint density at radius 2 is 1.82 bits per heavy atom. The van der Waals surface area contributed by atoms with Crippen LogP contribution in [0.15, 0.2) is 71.3 Å². The summed E-state index contributed by atoms with van der Waals surface area (Å²) in [6.45, 7) is 4.81. The molecule has 2 aromatic carbocycles. The molecule has 0 bridgehead atoms. The SMILES string of the molecule is Cc1cccnc1C(NC(=O)C1CCN(CCc2ccc(Br)cc2)CC1)c1ccc(F)cc1. The Labute approximate surface area is 203 Å². The average Bonchev–Trinajstić information content (AvgIpc) is 2.83. The zero-order valence-corrected chi connectivity index (χ0v) is 20.4. The lowest BCUT2D eigenvalue weighted by Crippen LogP contribution is -2.42. The van der Waals surface area contributed by atoms with Gasteiger partial charge in [0.25, 0.3) is 0 Å². The Balaban J connectivity index is 1.37. The fraction of sp³-hybridized carbons (Fsp3) is 0.333. The second-order valence-electron chi connectivity index (χ2n) is 8.69. The summed E-state index contributed by atoms with van der Waals surface area (Å²) in [5, 5.41) is 3.21. The van der Waals surface area contributed by atoms with Crippen LogP contribution in [0.1, 0.15) is 41.3 Å². The molecule has 1 aliphatic heterocycles. The fourth-order valence-corrected chi connectivity index (χ4v) is 4.65. The Morgan fingerprint density at radius 3 is 2.48 bits per heavy atom. The van der Waals surface area contributed by atoms with Gasteiger partial charge < -0.3 is 10.2 Å². The Bertz CT molecular complexity index is 1060. The van der Waals surface area contributed by atoms with E-state index in [2.05, 4.69) is 55.4 Å². The molecule has 0 radical (unpaired) electrons. The number of hydrogen-bond acceptors (Lipinski definition) is 3. The van der Waals surface area contributed by atoms with Crippen LogP contribution in [0.2, 0.25) is 0 Å². The summed E-state index contributed by atoms with van der Waals surface area (Å²) in [6, 6.07) is 18.2. The van der Waals surface area contributed by atoms with Crippen molar-refractivity contribution in [2.45, 2.75) is 32.2 Å². The molecule has 1 N–H and O–H groups in total. The van der Waals surface area contributed by atoms with Crippen molar-refractivity contribution in [1.82, 2.24) is 15.2 Å². The lowest BCUT2D eigenvalue weighted by atomic mass is 9.93. The van der Waals surface area contributed by atoms with E-state index in [0.717, 1.165) is 60.2 Å². The van der Waals surface area contributed by atoms with Gasteiger partial charge in [-0.2, -0.15) is 0 Å². The summed E-state index contributed by atoms with van der Waals surface area (Å²) >= 11 is 3.48. The standard InChI is InChI=1S/C27H29BrFN3O/c1-19-3-2-15-30-25(19)26(21-6-10-24(29)11-7-21)31-27(33)22-13-17-32(18-14-22)16-12-20-4-8-23(28)9-5-20/h2-11,15,22,26H,12-14,16-18H2,1H3,(H,31,33). The summed E-state index contributed by atoms with van der Waals surface area (Å²) in [5.41, 5.74) is 3.95. The van der Waals surface area contributed by atoms with E-state index in [4.69, 9.17) is 0 Å². The van der Waals surface area contributed by atoms with E-state index < -0.39 is 6.04 Å². The highest BCUT2D eigenvalue weighted by Crippen LogP contribution is 2.26. The van der Waals surface area contributed by atoms with Gasteiger partial charge in [-0.3, -0.25) is 9.78 Å². The molecular weight excluding hydrogens is 481 g/mol. The average molecular weight is 510 g/mol. The summed E-state index contributed by atoms with van der Waals surface area (Å²) in [5.74, 6) is -0.278. The third-order valence-electron chi connectivity index (χ3n) is 6.40. The van der Waals surface area contributed by atoms with E-state index in [-0.39, 0.29) is 17.6 Å². The van der Waals surface area contributed by atoms with Crippen LogP contribution in [0.4, 0.5) is 4.39 Å². The Morgan fingerprint density at radius 1 is 1.12 bits per heavy atom. The summed E-state index contributed by atoms with van der Waals surface area (Å²) < 4.78 is 14.6. The number of benzene rings is 2. The van der Waals surface area contributed by atoms with Crippen LogP contribution < -0.4 is 5.32 Å². The van der Waals surface area contributed by atoms with Crippen molar-refractivity contribution >= 4 is 21.8 Å². The first-order valence-electron chi connectivity index (χ1n) is 11.4. The second-order valence-corrected chi connectivity index (χ2v) is 9.61. The number of aromatic nitrogens is 1. The summed E-state index contributed by atoms with van der Waals surface area (Å²) in [4.78, 5) is 20.2. The van der Waals surface area contributed by atoms with E-state index in [1.165, 1.54) is 17.7 Å². The fourth-order valence-electron chi connectivity index (χ4n) is 4.38. The smallest absolute Gasteiger partial charge is 0.224 e. The maximum atomic E-state index is 13.5. The van der Waals surface area contributed by atoms with E-state index in [1.54, 1.807) is 18.3 Å². The van der Waals surface area contributed by atoms with Crippen molar-refractivity contribution < 1.29 is 9.18 Å². The van der Waals surface area contributed by atoms with Gasteiger partial charge in [0, 0.05) is 23.1 Å². The van der Waals surface area contributed by atoms with Gasteiger partial charge in [0.15, 0.2) is 0 Å². The molecule has 1 unspecified atom stereocenters. The first kappa shape index (κ1) is 23.6. The molecule has 3 aromatic rings. The minimum atomic E-state index is -0.394. The summed E-state index contributed by atoms with van der Waals surface area (Å²) in [7, 11) is 0. The van der Waals surface area contributed by atoms with Gasteiger partial charge in [0.2, 0.25) is 5.91 Å². The van der Waals surface area contributed by atoms with Gasteiger partial charge >= 0.3 is 0 Å². The van der Waals surface area contributed by atoms with Crippen LogP contribution in [0.3, 0.4) is 0 Å². The van der Waals surface area contributed by atoms with Gasteiger partial charge in [-0.05, 0) is 86.3 Å². The lowest BCUT2D eigenvalue weighted by molar-refractivity contribution is -0.127. The van der Waals surface area contributed by atoms with E-state index >= 15 is 0 Å². The molecule has 1 aliphatic rings. The van der Waals surface area contributed by atoms with Crippen LogP contribution in [0.5, 0.6) is 0 Å². The van der Waals surface area contributed by atoms with Crippen LogP contribution in [0.25, 0.3) is 0 Å². The maximum absolute atomic E-state index is 13.5. The molecule has 0 aliphatic carbocycles. The van der Waals surface area contributed by atoms with Gasteiger partial charge in [-0.25, -0.2) is 4.39 Å². The zero-order chi connectivity index (χ0) is 23.2. The normalized spacial score (nSPS) is 15.8. The number of hydrogen-bond donors (Lipinski definition) is 1. The maximum Gasteiger partial charge on any atom is 0.224 e. The Kier molecular flexibility index (Phi) is 7.89. The lowest BCUT2D eigenvalue weighted by Gasteiger charge is -2.32. The third-order valence-corrected chi connectivity index (χ3v) is 6.93. The molecule has 1 amide bonds. The van der Waals surface area contributed by atoms with E-state index in [0.29, 0.717) is 0 Å². The van der Waals surface area contributed by atoms with Crippen LogP contribution >= 0.6 is 15.9 Å². The van der Waals surface area contributed by atoms with Gasteiger partial charge in [-0.1, -0.05) is 46.3 Å². The number of pyridine rings is 1. The number of carbonyl (C=O) groups excluding carboxylic acids is 1. The van der Waals surface area contributed by atoms with Crippen molar-refractivity contribution in [2.75, 3.05) is 19.6 Å². The molecule has 2 heterocycles. The highest BCUT2D eigenvalue weighted by Gasteiger charge is 2.28. The van der Waals surface area contributed by atoms with E-state index in [1.807, 2.05) is 19.1 Å². The van der Waals surface area contributed by atoms with Gasteiger partial charge in [0.1, 0.15) is 5.82 Å². The highest BCUT2D eigenvalue weighted by atomic mass is 79.9. The quantitative estimate of drug-likeness (QED) is 0.460. The number of nitrogens with zero attached hydrogens (tertiary/aromatic N) is 2. The van der Waals surface area contributed by atoms with Crippen molar-refractivity contribution in [3.63, 3.8) is 0 Å². The van der Waals surface area contributed by atoms with Crippen molar-refractivity contribution in [3.05, 3.63) is 99.5 Å². The minimum absolute atomic E-state index is 0.0269. The Hall–Kier alpha value is -2.57. The monoisotopic (exact) mass is 509 g/mol. The third kappa shape index (κ3) is 6.27. The molecule has 1 aromatic heterocycles. The molecule has 172 valence electrons. The number of nitrogens with one attached hydrogen (secondary N) is 1. The molecular formula is C27H29BrFN3O. The van der Waals surface area contributed by atoms with Crippen molar-refractivity contribution in [2.24, 2.45) is 5.92 Å². The first-order valence-corrected chi connectivity index (χ1v) is 12.2. The number of amides is 1. The first-order chi connectivity index (χ1) is 16.0. The predicted octanol–water partition coefficient (Wildman–Crippen LogP) is 5.45. The van der Waals surface area contributed by atoms with E-state index in [9.17, 15) is 9.18 Å². The van der Waals surface area contributed by atoms with Crippen LogP contribution in [-0.4, -0.2) is 35.4 Å². The highest BCUT2D eigenvalue weighted by molar-refractivity contribution is 9.10. The number of aryl methyl sites for hydroxylation is 1. The van der Waals surface area contributed by atoms with Crippen molar-refractivity contribution in [1.29, 1.82) is 0 Å². The predicted molar refractivity (Wildman–Crippen MR) is 132 cm³/mol. The molecule has 4 nitrogen and oxygen atoms in total. The van der Waals surface area contributed by atoms with Gasteiger partial charge in [0.05, 0.1) is 11.7 Å². The number of rotatable bonds is 7. The molecule has 0 spiro atoms. The number of halogens is 2. The van der Waals surface area contributed by atoms with Gasteiger partial charge in [-0.15, -0.1) is 0 Å². The molecule has 1 atom stereocenters. The molecule has 33 heavy (non-hydrogen) atoms. The second kappa shape index (κ2) is 11.0. The largest absolute Gasteiger partial charge is 0.343 e. The molecule has 1 fully saturated rings. The summed E-state index contributed by atoms with van der Waals surface area (Å²) in [6.07, 6.45) is 4.41. The number of carbonyl (C=O) groups is 1. The zero-order valence-electron chi connectivity index (χ0n) is 18.8. The molecule has 1 saturated heterocycles. The number of piperidine rings is 1. The topological polar surface area (TPSA) is 45.2 Å². The van der Waals surface area contributed by atoms with Crippen LogP contribution in [0, 0.1) is 18.7 Å².